The number of guanidine groups is 1. The summed E-state index contributed by atoms with van der Waals surface area (Å²) in [5, 5.41) is 6.57. The number of hydrogen-bond donors (Lipinski definition) is 2. The Labute approximate surface area is 201 Å². The second kappa shape index (κ2) is 16.6. The normalized spacial score (nSPS) is 10.9. The topological polar surface area (TPSA) is 86.2 Å². The minimum absolute atomic E-state index is 0. The molecule has 0 saturated heterocycles. The van der Waals surface area contributed by atoms with Gasteiger partial charge >= 0.3 is 0 Å². The van der Waals surface area contributed by atoms with Crippen LogP contribution in [0.25, 0.3) is 0 Å². The summed E-state index contributed by atoms with van der Waals surface area (Å²) in [5.74, 6) is 2.04. The zero-order valence-corrected chi connectivity index (χ0v) is 20.8. The lowest BCUT2D eigenvalue weighted by Gasteiger charge is -2.13. The van der Waals surface area contributed by atoms with Crippen LogP contribution in [-0.2, 0) is 16.0 Å². The highest BCUT2D eigenvalue weighted by molar-refractivity contribution is 14.0. The molecular weight excluding hydrogens is 511 g/mol. The predicted octanol–water partition coefficient (Wildman–Crippen LogP) is 3.72. The SMILES string of the molecule is CCNC(=NCc1cccnc1OCCOC)Nc1cccc(OCCCOC)c1.I. The van der Waals surface area contributed by atoms with Crippen molar-refractivity contribution in [1.82, 2.24) is 10.3 Å². The summed E-state index contributed by atoms with van der Waals surface area (Å²) in [4.78, 5) is 8.97. The fourth-order valence-electron chi connectivity index (χ4n) is 2.56. The van der Waals surface area contributed by atoms with E-state index in [-0.39, 0.29) is 24.0 Å². The van der Waals surface area contributed by atoms with E-state index in [0.29, 0.717) is 44.8 Å². The Morgan fingerprint density at radius 2 is 1.84 bits per heavy atom. The Kier molecular flexibility index (Phi) is 14.4. The van der Waals surface area contributed by atoms with Gasteiger partial charge in [-0.2, -0.15) is 0 Å². The molecule has 0 aliphatic carbocycles. The maximum atomic E-state index is 5.77. The van der Waals surface area contributed by atoms with Gasteiger partial charge in [-0.3, -0.25) is 0 Å². The van der Waals surface area contributed by atoms with E-state index in [1.807, 2.05) is 43.3 Å². The zero-order chi connectivity index (χ0) is 21.4. The summed E-state index contributed by atoms with van der Waals surface area (Å²) in [6, 6.07) is 11.6. The largest absolute Gasteiger partial charge is 0.493 e. The van der Waals surface area contributed by atoms with Gasteiger partial charge in [0.15, 0.2) is 5.96 Å². The third kappa shape index (κ3) is 10.7. The van der Waals surface area contributed by atoms with E-state index in [1.54, 1.807) is 20.4 Å². The van der Waals surface area contributed by atoms with E-state index in [0.717, 1.165) is 30.0 Å². The number of ether oxygens (including phenoxy) is 4. The molecule has 172 valence electrons. The third-order valence-corrected chi connectivity index (χ3v) is 3.99. The number of nitrogens with zero attached hydrogens (tertiary/aromatic N) is 2. The number of halogens is 1. The van der Waals surface area contributed by atoms with Crippen molar-refractivity contribution in [2.45, 2.75) is 19.9 Å². The molecule has 0 spiro atoms. The molecule has 9 heteroatoms. The zero-order valence-electron chi connectivity index (χ0n) is 18.4. The Balaban J connectivity index is 0.00000480. The summed E-state index contributed by atoms with van der Waals surface area (Å²) in [6.07, 6.45) is 2.55. The van der Waals surface area contributed by atoms with Gasteiger partial charge in [-0.15, -0.1) is 24.0 Å². The van der Waals surface area contributed by atoms with E-state index >= 15 is 0 Å². The lowest BCUT2D eigenvalue weighted by atomic mass is 10.3. The van der Waals surface area contributed by atoms with E-state index < -0.39 is 0 Å². The van der Waals surface area contributed by atoms with Gasteiger partial charge in [0.2, 0.25) is 5.88 Å². The molecule has 0 radical (unpaired) electrons. The van der Waals surface area contributed by atoms with Gasteiger partial charge in [0.05, 0.1) is 19.8 Å². The molecule has 1 heterocycles. The summed E-state index contributed by atoms with van der Waals surface area (Å²) < 4.78 is 21.5. The molecule has 8 nitrogen and oxygen atoms in total. The second-order valence-electron chi connectivity index (χ2n) is 6.35. The second-order valence-corrected chi connectivity index (χ2v) is 6.35. The summed E-state index contributed by atoms with van der Waals surface area (Å²) in [6.45, 7) is 5.43. The minimum Gasteiger partial charge on any atom is -0.493 e. The third-order valence-electron chi connectivity index (χ3n) is 3.99. The summed E-state index contributed by atoms with van der Waals surface area (Å²) in [5.41, 5.74) is 1.79. The van der Waals surface area contributed by atoms with Crippen LogP contribution in [0, 0.1) is 0 Å². The van der Waals surface area contributed by atoms with Crippen LogP contribution in [0.1, 0.15) is 18.9 Å². The van der Waals surface area contributed by atoms with Crippen LogP contribution in [0.3, 0.4) is 0 Å². The fraction of sp³-hybridized carbons (Fsp3) is 0.455. The van der Waals surface area contributed by atoms with Crippen molar-refractivity contribution < 1.29 is 18.9 Å². The van der Waals surface area contributed by atoms with Crippen LogP contribution in [-0.4, -0.2) is 58.1 Å². The lowest BCUT2D eigenvalue weighted by Crippen LogP contribution is -2.30. The van der Waals surface area contributed by atoms with Crippen LogP contribution in [0.15, 0.2) is 47.6 Å². The van der Waals surface area contributed by atoms with E-state index in [1.165, 1.54) is 0 Å². The van der Waals surface area contributed by atoms with Crippen LogP contribution in [0.4, 0.5) is 5.69 Å². The van der Waals surface area contributed by atoms with E-state index in [2.05, 4.69) is 20.6 Å². The van der Waals surface area contributed by atoms with Crippen LogP contribution in [0.2, 0.25) is 0 Å². The number of nitrogens with one attached hydrogen (secondary N) is 2. The Bertz CT molecular complexity index is 777. The predicted molar refractivity (Wildman–Crippen MR) is 134 cm³/mol. The molecular formula is C22H33IN4O4. The fourth-order valence-corrected chi connectivity index (χ4v) is 2.56. The minimum atomic E-state index is 0. The van der Waals surface area contributed by atoms with Crippen molar-refractivity contribution >= 4 is 35.6 Å². The smallest absolute Gasteiger partial charge is 0.218 e. The average molecular weight is 544 g/mol. The number of aromatic nitrogens is 1. The molecule has 0 saturated carbocycles. The first-order chi connectivity index (χ1) is 14.8. The highest BCUT2D eigenvalue weighted by atomic mass is 127. The lowest BCUT2D eigenvalue weighted by molar-refractivity contribution is 0.143. The first-order valence-corrected chi connectivity index (χ1v) is 10.1. The maximum absolute atomic E-state index is 5.77. The number of methoxy groups -OCH3 is 2. The van der Waals surface area contributed by atoms with Crippen molar-refractivity contribution in [3.63, 3.8) is 0 Å². The van der Waals surface area contributed by atoms with Crippen LogP contribution in [0.5, 0.6) is 11.6 Å². The highest BCUT2D eigenvalue weighted by Gasteiger charge is 2.06. The molecule has 2 rings (SSSR count). The van der Waals surface area contributed by atoms with Crippen molar-refractivity contribution in [3.8, 4) is 11.6 Å². The monoisotopic (exact) mass is 544 g/mol. The van der Waals surface area contributed by atoms with Crippen molar-refractivity contribution in [1.29, 1.82) is 0 Å². The van der Waals surface area contributed by atoms with Crippen molar-refractivity contribution in [3.05, 3.63) is 48.2 Å². The number of anilines is 1. The highest BCUT2D eigenvalue weighted by Crippen LogP contribution is 2.18. The number of rotatable bonds is 13. The molecule has 0 atom stereocenters. The van der Waals surface area contributed by atoms with Gasteiger partial charge in [0.1, 0.15) is 12.4 Å². The molecule has 1 aromatic heterocycles. The first kappa shape index (κ1) is 26.9. The standard InChI is InChI=1S/C22H32N4O4.HI/c1-4-23-22(25-17-18-8-6-11-24-21(18)30-15-14-28-3)26-19-9-5-10-20(16-19)29-13-7-12-27-2;/h5-6,8-11,16H,4,7,12-15,17H2,1-3H3,(H2,23,25,26);1H. The summed E-state index contributed by atoms with van der Waals surface area (Å²) >= 11 is 0. The molecule has 0 amide bonds. The molecule has 0 aliphatic rings. The molecule has 2 N–H and O–H groups in total. The number of benzene rings is 1. The van der Waals surface area contributed by atoms with Gasteiger partial charge in [-0.05, 0) is 25.1 Å². The van der Waals surface area contributed by atoms with Crippen LogP contribution < -0.4 is 20.1 Å². The maximum Gasteiger partial charge on any atom is 0.218 e. The molecule has 0 fully saturated rings. The number of pyridine rings is 1. The first-order valence-electron chi connectivity index (χ1n) is 10.1. The number of hydrogen-bond acceptors (Lipinski definition) is 6. The molecule has 0 unspecified atom stereocenters. The van der Waals surface area contributed by atoms with Crippen molar-refractivity contribution in [2.24, 2.45) is 4.99 Å². The molecule has 1 aromatic carbocycles. The average Bonchev–Trinajstić information content (AvgIpc) is 2.76. The molecule has 0 aliphatic heterocycles. The number of aliphatic imine (C=N–C) groups is 1. The molecule has 0 bridgehead atoms. The van der Waals surface area contributed by atoms with Gasteiger partial charge in [-0.1, -0.05) is 12.1 Å². The van der Waals surface area contributed by atoms with E-state index in [9.17, 15) is 0 Å². The summed E-state index contributed by atoms with van der Waals surface area (Å²) in [7, 11) is 3.33. The Hall–Kier alpha value is -2.11. The quantitative estimate of drug-likeness (QED) is 0.172. The van der Waals surface area contributed by atoms with Gasteiger partial charge in [0.25, 0.3) is 0 Å². The molecule has 31 heavy (non-hydrogen) atoms. The van der Waals surface area contributed by atoms with Gasteiger partial charge < -0.3 is 29.6 Å². The Morgan fingerprint density at radius 3 is 2.61 bits per heavy atom. The van der Waals surface area contributed by atoms with E-state index in [4.69, 9.17) is 18.9 Å². The molecule has 2 aromatic rings. The van der Waals surface area contributed by atoms with Crippen molar-refractivity contribution in [2.75, 3.05) is 52.5 Å². The van der Waals surface area contributed by atoms with Crippen LogP contribution >= 0.6 is 24.0 Å². The Morgan fingerprint density at radius 1 is 1.00 bits per heavy atom. The van der Waals surface area contributed by atoms with Gasteiger partial charge in [0, 0.05) is 57.3 Å². The van der Waals surface area contributed by atoms with Gasteiger partial charge in [-0.25, -0.2) is 9.98 Å².